The first-order chi connectivity index (χ1) is 14.8. The van der Waals surface area contributed by atoms with Crippen LogP contribution in [0.4, 0.5) is 4.79 Å². The van der Waals surface area contributed by atoms with Gasteiger partial charge in [0.1, 0.15) is 18.1 Å². The molecule has 0 fully saturated rings. The summed E-state index contributed by atoms with van der Waals surface area (Å²) in [6, 6.07) is 4.82. The first-order valence-corrected chi connectivity index (χ1v) is 10.5. The summed E-state index contributed by atoms with van der Waals surface area (Å²) in [5.74, 6) is 1.21. The van der Waals surface area contributed by atoms with E-state index in [9.17, 15) is 9.59 Å². The van der Waals surface area contributed by atoms with Crippen molar-refractivity contribution in [1.29, 1.82) is 0 Å². The number of ether oxygens (including phenoxy) is 4. The molecule has 9 heteroatoms. The van der Waals surface area contributed by atoms with Crippen LogP contribution in [-0.4, -0.2) is 44.6 Å². The molecule has 0 spiro atoms. The zero-order chi connectivity index (χ0) is 22.5. The van der Waals surface area contributed by atoms with Gasteiger partial charge in [-0.1, -0.05) is 25.4 Å². The molecule has 1 atom stereocenters. The van der Waals surface area contributed by atoms with E-state index in [0.717, 1.165) is 6.42 Å². The molecular weight excluding hydrogens is 424 g/mol. The fourth-order valence-corrected chi connectivity index (χ4v) is 3.59. The second-order valence-corrected chi connectivity index (χ2v) is 7.94. The monoisotopic (exact) mass is 450 g/mol. The largest absolute Gasteiger partial charge is 0.492 e. The van der Waals surface area contributed by atoms with Crippen molar-refractivity contribution in [1.82, 2.24) is 9.88 Å². The number of methoxy groups -OCH3 is 1. The second-order valence-electron chi connectivity index (χ2n) is 7.53. The number of benzene rings is 1. The van der Waals surface area contributed by atoms with E-state index in [-0.39, 0.29) is 17.7 Å². The molecule has 1 aliphatic rings. The minimum Gasteiger partial charge on any atom is -0.492 e. The molecule has 1 aromatic carbocycles. The minimum atomic E-state index is -0.706. The number of nitrogens with one attached hydrogen (secondary N) is 1. The number of halogens is 1. The predicted molar refractivity (Wildman–Crippen MR) is 118 cm³/mol. The lowest BCUT2D eigenvalue weighted by Gasteiger charge is -2.24. The zero-order valence-electron chi connectivity index (χ0n) is 18.1. The minimum absolute atomic E-state index is 0.0543. The van der Waals surface area contributed by atoms with Crippen molar-refractivity contribution < 1.29 is 23.7 Å². The summed E-state index contributed by atoms with van der Waals surface area (Å²) in [5, 5.41) is 2.76. The normalized spacial score (nSPS) is 14.8. The number of hydrogen-bond acceptors (Lipinski definition) is 6. The van der Waals surface area contributed by atoms with Crippen LogP contribution in [0, 0.1) is 5.92 Å². The Morgan fingerprint density at radius 1 is 1.29 bits per heavy atom. The van der Waals surface area contributed by atoms with Crippen molar-refractivity contribution in [2.24, 2.45) is 5.92 Å². The molecule has 1 N–H and O–H groups in total. The van der Waals surface area contributed by atoms with E-state index in [4.69, 9.17) is 30.5 Å². The highest BCUT2D eigenvalue weighted by Crippen LogP contribution is 2.42. The molecule has 0 radical (unpaired) electrons. The van der Waals surface area contributed by atoms with Gasteiger partial charge in [0.25, 0.3) is 0 Å². The summed E-state index contributed by atoms with van der Waals surface area (Å²) in [5.41, 5.74) is 0.885. The van der Waals surface area contributed by atoms with Crippen LogP contribution in [-0.2, 0) is 4.74 Å². The van der Waals surface area contributed by atoms with Crippen molar-refractivity contribution in [3.05, 3.63) is 39.6 Å². The van der Waals surface area contributed by atoms with Crippen molar-refractivity contribution in [3.63, 3.8) is 0 Å². The van der Waals surface area contributed by atoms with Crippen LogP contribution >= 0.6 is 11.6 Å². The predicted octanol–water partition coefficient (Wildman–Crippen LogP) is 3.89. The van der Waals surface area contributed by atoms with Gasteiger partial charge in [-0.3, -0.25) is 4.79 Å². The Hall–Kier alpha value is -2.71. The zero-order valence-corrected chi connectivity index (χ0v) is 18.8. The number of amides is 1. The van der Waals surface area contributed by atoms with Gasteiger partial charge in [-0.05, 0) is 12.0 Å². The number of pyridine rings is 1. The Kier molecular flexibility index (Phi) is 7.46. The maximum Gasteiger partial charge on any atom is 0.412 e. The second kappa shape index (κ2) is 10.1. The Bertz CT molecular complexity index is 1000. The van der Waals surface area contributed by atoms with Crippen LogP contribution in [0.5, 0.6) is 17.2 Å². The molecule has 8 nitrogen and oxygen atoms in total. The molecule has 0 aliphatic carbocycles. The number of rotatable bonds is 7. The maximum atomic E-state index is 12.7. The smallest absolute Gasteiger partial charge is 0.412 e. The summed E-state index contributed by atoms with van der Waals surface area (Å²) in [4.78, 5) is 24.3. The molecule has 0 unspecified atom stereocenters. The van der Waals surface area contributed by atoms with Gasteiger partial charge in [-0.2, -0.15) is 0 Å². The maximum absolute atomic E-state index is 12.7. The van der Waals surface area contributed by atoms with Gasteiger partial charge < -0.3 is 28.8 Å². The third-order valence-electron chi connectivity index (χ3n) is 5.05. The lowest BCUT2D eigenvalue weighted by molar-refractivity contribution is 0.172. The molecule has 1 aromatic heterocycles. The molecule has 0 bridgehead atoms. The Balaban J connectivity index is 2.06. The topological polar surface area (TPSA) is 88.0 Å². The summed E-state index contributed by atoms with van der Waals surface area (Å²) < 4.78 is 24.0. The summed E-state index contributed by atoms with van der Waals surface area (Å²) in [6.07, 6.45) is 1.58. The number of fused-ring (bicyclic) bond motifs is 3. The fourth-order valence-electron chi connectivity index (χ4n) is 3.37. The molecular formula is C22H27ClN2O6. The highest BCUT2D eigenvalue weighted by molar-refractivity contribution is 6.32. The van der Waals surface area contributed by atoms with Gasteiger partial charge >= 0.3 is 6.09 Å². The SMILES string of the molecule is CNC(=O)Oc1cn2c(cc1=O)-c1cc(Cl)c(OCCCOC)cc1OC[C@H]2C(C)C. The van der Waals surface area contributed by atoms with E-state index >= 15 is 0 Å². The molecule has 0 saturated carbocycles. The molecule has 0 saturated heterocycles. The molecule has 168 valence electrons. The number of aromatic nitrogens is 1. The average molecular weight is 451 g/mol. The van der Waals surface area contributed by atoms with E-state index < -0.39 is 11.5 Å². The average Bonchev–Trinajstić information content (AvgIpc) is 2.88. The van der Waals surface area contributed by atoms with Crippen molar-refractivity contribution in [2.45, 2.75) is 26.3 Å². The van der Waals surface area contributed by atoms with Crippen LogP contribution in [0.25, 0.3) is 11.3 Å². The summed E-state index contributed by atoms with van der Waals surface area (Å²) >= 11 is 6.47. The van der Waals surface area contributed by atoms with Crippen LogP contribution in [0.1, 0.15) is 26.3 Å². The standard InChI is InChI=1S/C22H27ClN2O6/c1-13(2)17-12-30-19-10-20(29-7-5-6-28-4)15(23)8-14(19)16-9-18(26)21(11-25(16)17)31-22(27)24-3/h8-11,13,17H,5-7,12H2,1-4H3,(H,24,27)/t17-/m0/s1. The van der Waals surface area contributed by atoms with Gasteiger partial charge in [0.2, 0.25) is 5.43 Å². The van der Waals surface area contributed by atoms with E-state index in [1.165, 1.54) is 13.1 Å². The molecule has 1 aliphatic heterocycles. The van der Waals surface area contributed by atoms with E-state index in [1.54, 1.807) is 25.4 Å². The van der Waals surface area contributed by atoms with Crippen molar-refractivity contribution in [2.75, 3.05) is 34.0 Å². The third kappa shape index (κ3) is 5.14. The lowest BCUT2D eigenvalue weighted by Crippen LogP contribution is -2.27. The molecule has 31 heavy (non-hydrogen) atoms. The number of carbonyl (C=O) groups is 1. The van der Waals surface area contributed by atoms with Crippen LogP contribution in [0.15, 0.2) is 29.2 Å². The van der Waals surface area contributed by atoms with Crippen LogP contribution in [0.3, 0.4) is 0 Å². The molecule has 2 heterocycles. The Labute approximate surface area is 186 Å². The highest BCUT2D eigenvalue weighted by atomic mass is 35.5. The van der Waals surface area contributed by atoms with Crippen LogP contribution in [0.2, 0.25) is 5.02 Å². The third-order valence-corrected chi connectivity index (χ3v) is 5.34. The molecule has 1 amide bonds. The van der Waals surface area contributed by atoms with E-state index in [0.29, 0.717) is 47.6 Å². The lowest BCUT2D eigenvalue weighted by atomic mass is 10.0. The summed E-state index contributed by atoms with van der Waals surface area (Å²) in [7, 11) is 3.07. The Morgan fingerprint density at radius 2 is 2.06 bits per heavy atom. The fraction of sp³-hybridized carbons (Fsp3) is 0.455. The number of hydrogen-bond donors (Lipinski definition) is 1. The van der Waals surface area contributed by atoms with E-state index in [2.05, 4.69) is 19.2 Å². The number of nitrogens with zero attached hydrogens (tertiary/aromatic N) is 1. The number of carbonyl (C=O) groups excluding carboxylic acids is 1. The van der Waals surface area contributed by atoms with Crippen molar-refractivity contribution >= 4 is 17.7 Å². The summed E-state index contributed by atoms with van der Waals surface area (Å²) in [6.45, 7) is 5.53. The molecule has 2 aromatic rings. The van der Waals surface area contributed by atoms with Crippen molar-refractivity contribution in [3.8, 4) is 28.5 Å². The van der Waals surface area contributed by atoms with Gasteiger partial charge in [0.05, 0.1) is 29.6 Å². The highest BCUT2D eigenvalue weighted by Gasteiger charge is 2.27. The van der Waals surface area contributed by atoms with Crippen LogP contribution < -0.4 is 25.0 Å². The first kappa shape index (κ1) is 23.0. The Morgan fingerprint density at radius 3 is 2.74 bits per heavy atom. The molecule has 3 rings (SSSR count). The first-order valence-electron chi connectivity index (χ1n) is 10.1. The van der Waals surface area contributed by atoms with Gasteiger partial charge in [-0.15, -0.1) is 0 Å². The van der Waals surface area contributed by atoms with Gasteiger partial charge in [-0.25, -0.2) is 4.79 Å². The van der Waals surface area contributed by atoms with Gasteiger partial charge in [0, 0.05) is 44.9 Å². The van der Waals surface area contributed by atoms with E-state index in [1.807, 2.05) is 4.57 Å². The quantitative estimate of drug-likeness (QED) is 0.644. The van der Waals surface area contributed by atoms with Gasteiger partial charge in [0.15, 0.2) is 5.75 Å².